The Bertz CT molecular complexity index is 766. The summed E-state index contributed by atoms with van der Waals surface area (Å²) < 4.78 is 18.6. The largest absolute Gasteiger partial charge is 0.444 e. The first-order chi connectivity index (χ1) is 12.3. The van der Waals surface area contributed by atoms with Crippen molar-refractivity contribution in [2.24, 2.45) is 0 Å². The van der Waals surface area contributed by atoms with E-state index in [2.05, 4.69) is 14.9 Å². The molecular weight excluding hydrogens is 335 g/mol. The minimum atomic E-state index is -0.503. The molecule has 3 rings (SSSR count). The van der Waals surface area contributed by atoms with Gasteiger partial charge in [0.25, 0.3) is 0 Å². The molecule has 0 aliphatic carbocycles. The van der Waals surface area contributed by atoms with Crippen molar-refractivity contribution in [2.45, 2.75) is 26.4 Å². The van der Waals surface area contributed by atoms with Crippen molar-refractivity contribution in [3.05, 3.63) is 42.6 Å². The van der Waals surface area contributed by atoms with E-state index in [0.29, 0.717) is 26.2 Å². The van der Waals surface area contributed by atoms with Gasteiger partial charge in [-0.1, -0.05) is 0 Å². The fraction of sp³-hybridized carbons (Fsp3) is 0.421. The molecule has 2 aromatic rings. The molecule has 26 heavy (non-hydrogen) atoms. The summed E-state index contributed by atoms with van der Waals surface area (Å²) in [5.41, 5.74) is 1.96. The van der Waals surface area contributed by atoms with Crippen molar-refractivity contribution in [1.29, 1.82) is 0 Å². The first-order valence-electron chi connectivity index (χ1n) is 8.62. The van der Waals surface area contributed by atoms with E-state index < -0.39 is 5.60 Å². The van der Waals surface area contributed by atoms with Crippen molar-refractivity contribution in [2.75, 3.05) is 31.1 Å². The molecule has 0 saturated carbocycles. The Morgan fingerprint density at radius 3 is 2.38 bits per heavy atom. The molecule has 0 atom stereocenters. The molecule has 0 spiro atoms. The van der Waals surface area contributed by atoms with Crippen LogP contribution >= 0.6 is 0 Å². The van der Waals surface area contributed by atoms with Crippen LogP contribution in [0.25, 0.3) is 11.3 Å². The number of hydrogen-bond donors (Lipinski definition) is 0. The lowest BCUT2D eigenvalue weighted by Gasteiger charge is -2.37. The van der Waals surface area contributed by atoms with Gasteiger partial charge in [0, 0.05) is 31.7 Å². The van der Waals surface area contributed by atoms with Crippen LogP contribution < -0.4 is 4.90 Å². The van der Waals surface area contributed by atoms with Crippen LogP contribution in [0.4, 0.5) is 14.9 Å². The average molecular weight is 358 g/mol. The lowest BCUT2D eigenvalue weighted by atomic mass is 10.1. The molecule has 0 radical (unpaired) electrons. The Balaban J connectivity index is 1.72. The zero-order valence-corrected chi connectivity index (χ0v) is 15.3. The van der Waals surface area contributed by atoms with Crippen molar-refractivity contribution in [3.63, 3.8) is 0 Å². The monoisotopic (exact) mass is 358 g/mol. The second-order valence-electron chi connectivity index (χ2n) is 7.22. The Hall–Kier alpha value is -2.70. The second-order valence-corrected chi connectivity index (χ2v) is 7.22. The quantitative estimate of drug-likeness (QED) is 0.824. The molecule has 7 heteroatoms. The summed E-state index contributed by atoms with van der Waals surface area (Å²) in [5, 5.41) is 0. The van der Waals surface area contributed by atoms with Gasteiger partial charge in [0.2, 0.25) is 0 Å². The van der Waals surface area contributed by atoms with Crippen LogP contribution in [-0.4, -0.2) is 52.7 Å². The van der Waals surface area contributed by atoms with E-state index in [1.165, 1.54) is 18.5 Å². The van der Waals surface area contributed by atoms with Gasteiger partial charge in [-0.25, -0.2) is 19.2 Å². The highest BCUT2D eigenvalue weighted by atomic mass is 19.1. The van der Waals surface area contributed by atoms with E-state index in [1.807, 2.05) is 20.8 Å². The number of aromatic nitrogens is 2. The summed E-state index contributed by atoms with van der Waals surface area (Å²) in [7, 11) is 0. The third-order valence-electron chi connectivity index (χ3n) is 4.08. The third kappa shape index (κ3) is 4.28. The maximum Gasteiger partial charge on any atom is 0.410 e. The van der Waals surface area contributed by atoms with Gasteiger partial charge in [0.1, 0.15) is 17.7 Å². The number of anilines is 1. The topological polar surface area (TPSA) is 58.6 Å². The maximum atomic E-state index is 13.2. The molecule has 0 N–H and O–H groups in total. The molecule has 2 heterocycles. The smallest absolute Gasteiger partial charge is 0.410 e. The van der Waals surface area contributed by atoms with E-state index in [1.54, 1.807) is 23.2 Å². The predicted octanol–water partition coefficient (Wildman–Crippen LogP) is 3.34. The van der Waals surface area contributed by atoms with E-state index in [0.717, 1.165) is 16.9 Å². The van der Waals surface area contributed by atoms with Gasteiger partial charge in [-0.15, -0.1) is 0 Å². The van der Waals surface area contributed by atoms with Crippen molar-refractivity contribution in [3.8, 4) is 11.3 Å². The number of benzene rings is 1. The number of nitrogens with zero attached hydrogens (tertiary/aromatic N) is 4. The molecule has 1 saturated heterocycles. The Kier molecular flexibility index (Phi) is 5.06. The standard InChI is InChI=1S/C19H23FN4O2/c1-19(2,3)26-18(25)24-10-8-23(9-11-24)16-12-21-13-22-17(16)14-4-6-15(20)7-5-14/h4-7,12-13H,8-11H2,1-3H3. The molecule has 1 fully saturated rings. The normalized spacial score (nSPS) is 15.1. The number of carbonyl (C=O) groups is 1. The van der Waals surface area contributed by atoms with Gasteiger partial charge >= 0.3 is 6.09 Å². The minimum absolute atomic E-state index is 0.282. The zero-order chi connectivity index (χ0) is 18.7. The molecular formula is C19H23FN4O2. The van der Waals surface area contributed by atoms with E-state index in [-0.39, 0.29) is 11.9 Å². The highest BCUT2D eigenvalue weighted by molar-refractivity contribution is 5.75. The molecule has 1 amide bonds. The van der Waals surface area contributed by atoms with Gasteiger partial charge in [-0.3, -0.25) is 0 Å². The number of halogens is 1. The van der Waals surface area contributed by atoms with Crippen LogP contribution in [0.5, 0.6) is 0 Å². The number of piperazine rings is 1. The van der Waals surface area contributed by atoms with Crippen LogP contribution in [0.2, 0.25) is 0 Å². The molecule has 0 unspecified atom stereocenters. The molecule has 1 aromatic carbocycles. The average Bonchev–Trinajstić information content (AvgIpc) is 2.61. The number of rotatable bonds is 2. The van der Waals surface area contributed by atoms with Gasteiger partial charge in [-0.05, 0) is 45.0 Å². The first-order valence-corrected chi connectivity index (χ1v) is 8.62. The van der Waals surface area contributed by atoms with Crippen LogP contribution in [0, 0.1) is 5.82 Å². The Morgan fingerprint density at radius 1 is 1.12 bits per heavy atom. The third-order valence-corrected chi connectivity index (χ3v) is 4.08. The van der Waals surface area contributed by atoms with Crippen molar-refractivity contribution in [1.82, 2.24) is 14.9 Å². The van der Waals surface area contributed by atoms with Gasteiger partial charge < -0.3 is 14.5 Å². The summed E-state index contributed by atoms with van der Waals surface area (Å²) in [6, 6.07) is 6.25. The van der Waals surface area contributed by atoms with Crippen LogP contribution in [0.3, 0.4) is 0 Å². The van der Waals surface area contributed by atoms with Gasteiger partial charge in [-0.2, -0.15) is 0 Å². The minimum Gasteiger partial charge on any atom is -0.444 e. The summed E-state index contributed by atoms with van der Waals surface area (Å²) in [4.78, 5) is 24.6. The SMILES string of the molecule is CC(C)(C)OC(=O)N1CCN(c2cncnc2-c2ccc(F)cc2)CC1. The Morgan fingerprint density at radius 2 is 1.77 bits per heavy atom. The molecule has 0 bridgehead atoms. The number of carbonyl (C=O) groups excluding carboxylic acids is 1. The number of ether oxygens (including phenoxy) is 1. The fourth-order valence-corrected chi connectivity index (χ4v) is 2.84. The number of amides is 1. The van der Waals surface area contributed by atoms with Crippen LogP contribution in [-0.2, 0) is 4.74 Å². The summed E-state index contributed by atoms with van der Waals surface area (Å²) in [6.07, 6.45) is 2.95. The van der Waals surface area contributed by atoms with Gasteiger partial charge in [0.05, 0.1) is 17.6 Å². The summed E-state index contributed by atoms with van der Waals surface area (Å²) >= 11 is 0. The van der Waals surface area contributed by atoms with Gasteiger partial charge in [0.15, 0.2) is 0 Å². The number of hydrogen-bond acceptors (Lipinski definition) is 5. The summed E-state index contributed by atoms with van der Waals surface area (Å²) in [6.45, 7) is 8.01. The molecule has 1 aliphatic heterocycles. The van der Waals surface area contributed by atoms with Crippen LogP contribution in [0.15, 0.2) is 36.8 Å². The van der Waals surface area contributed by atoms with E-state index in [4.69, 9.17) is 4.74 Å². The van der Waals surface area contributed by atoms with Crippen LogP contribution in [0.1, 0.15) is 20.8 Å². The lowest BCUT2D eigenvalue weighted by molar-refractivity contribution is 0.0240. The van der Waals surface area contributed by atoms with Crippen molar-refractivity contribution >= 4 is 11.8 Å². The lowest BCUT2D eigenvalue weighted by Crippen LogP contribution is -2.50. The molecule has 138 valence electrons. The molecule has 1 aliphatic rings. The molecule has 1 aromatic heterocycles. The Labute approximate surface area is 152 Å². The van der Waals surface area contributed by atoms with E-state index in [9.17, 15) is 9.18 Å². The zero-order valence-electron chi connectivity index (χ0n) is 15.3. The fourth-order valence-electron chi connectivity index (χ4n) is 2.84. The second kappa shape index (κ2) is 7.27. The highest BCUT2D eigenvalue weighted by Crippen LogP contribution is 2.29. The molecule has 6 nitrogen and oxygen atoms in total. The summed E-state index contributed by atoms with van der Waals surface area (Å²) in [5.74, 6) is -0.282. The van der Waals surface area contributed by atoms with E-state index >= 15 is 0 Å². The highest BCUT2D eigenvalue weighted by Gasteiger charge is 2.27. The first kappa shape index (κ1) is 18.1. The predicted molar refractivity (Wildman–Crippen MR) is 97.4 cm³/mol. The maximum absolute atomic E-state index is 13.2. The van der Waals surface area contributed by atoms with Crippen molar-refractivity contribution < 1.29 is 13.9 Å².